The maximum absolute atomic E-state index is 5.58. The number of thiocarbonyl (C=S) groups is 1. The Morgan fingerprint density at radius 1 is 1.29 bits per heavy atom. The minimum Gasteiger partial charge on any atom is -0.389 e. The molecule has 0 saturated heterocycles. The number of hydrogen-bond donors (Lipinski definition) is 2. The van der Waals surface area contributed by atoms with Gasteiger partial charge in [0.15, 0.2) is 0 Å². The second kappa shape index (κ2) is 3.98. The van der Waals surface area contributed by atoms with Crippen molar-refractivity contribution in [2.24, 2.45) is 17.1 Å². The number of anilines is 1. The van der Waals surface area contributed by atoms with Gasteiger partial charge in [0.1, 0.15) is 4.99 Å². The average molecular weight is 246 g/mol. The van der Waals surface area contributed by atoms with Gasteiger partial charge < -0.3 is 11.1 Å². The van der Waals surface area contributed by atoms with Crippen molar-refractivity contribution in [3.63, 3.8) is 0 Å². The zero-order chi connectivity index (χ0) is 11.9. The largest absolute Gasteiger partial charge is 0.389 e. The van der Waals surface area contributed by atoms with Crippen LogP contribution in [-0.4, -0.2) is 11.5 Å². The van der Waals surface area contributed by atoms with E-state index in [0.29, 0.717) is 10.4 Å². The lowest BCUT2D eigenvalue weighted by Gasteiger charge is -2.16. The van der Waals surface area contributed by atoms with Crippen molar-refractivity contribution in [3.05, 3.63) is 29.8 Å². The van der Waals surface area contributed by atoms with Crippen molar-refractivity contribution >= 4 is 22.9 Å². The van der Waals surface area contributed by atoms with E-state index in [0.717, 1.165) is 18.0 Å². The van der Waals surface area contributed by atoms with Gasteiger partial charge in [0, 0.05) is 17.8 Å². The summed E-state index contributed by atoms with van der Waals surface area (Å²) in [6.45, 7) is 1.13. The van der Waals surface area contributed by atoms with E-state index >= 15 is 0 Å². The maximum atomic E-state index is 5.58. The molecule has 0 atom stereocenters. The Kier molecular flexibility index (Phi) is 2.58. The highest BCUT2D eigenvalue weighted by atomic mass is 32.1. The third-order valence-electron chi connectivity index (χ3n) is 4.15. The fraction of sp³-hybridized carbons (Fsp3) is 0.500. The lowest BCUT2D eigenvalue weighted by atomic mass is 10.0. The highest BCUT2D eigenvalue weighted by molar-refractivity contribution is 7.80. The maximum Gasteiger partial charge on any atom is 0.103 e. The number of rotatable bonds is 5. The normalized spacial score (nSPS) is 20.9. The summed E-state index contributed by atoms with van der Waals surface area (Å²) in [5.74, 6) is 1.01. The first kappa shape index (κ1) is 11.0. The quantitative estimate of drug-likeness (QED) is 0.785. The van der Waals surface area contributed by atoms with Gasteiger partial charge in [-0.1, -0.05) is 12.2 Å². The van der Waals surface area contributed by atoms with Crippen molar-refractivity contribution in [2.45, 2.75) is 25.7 Å². The SMILES string of the molecule is NC(=S)c1ccc(NCC2(C3CC3)CC2)cc1. The summed E-state index contributed by atoms with van der Waals surface area (Å²) in [6.07, 6.45) is 5.72. The summed E-state index contributed by atoms with van der Waals surface area (Å²) in [7, 11) is 0. The van der Waals surface area contributed by atoms with Crippen LogP contribution in [0.2, 0.25) is 0 Å². The molecule has 2 fully saturated rings. The van der Waals surface area contributed by atoms with E-state index in [2.05, 4.69) is 17.4 Å². The molecule has 2 aliphatic rings. The van der Waals surface area contributed by atoms with Gasteiger partial charge in [-0.15, -0.1) is 0 Å². The number of nitrogens with one attached hydrogen (secondary N) is 1. The zero-order valence-corrected chi connectivity index (χ0v) is 10.7. The van der Waals surface area contributed by atoms with Crippen molar-refractivity contribution in [2.75, 3.05) is 11.9 Å². The molecule has 3 N–H and O–H groups in total. The lowest BCUT2D eigenvalue weighted by Crippen LogP contribution is -2.17. The summed E-state index contributed by atoms with van der Waals surface area (Å²) in [5, 5.41) is 3.55. The highest BCUT2D eigenvalue weighted by Crippen LogP contribution is 2.61. The smallest absolute Gasteiger partial charge is 0.103 e. The minimum atomic E-state index is 0.466. The first-order valence-corrected chi connectivity index (χ1v) is 6.74. The van der Waals surface area contributed by atoms with Crippen LogP contribution >= 0.6 is 12.2 Å². The molecule has 0 aromatic heterocycles. The van der Waals surface area contributed by atoms with E-state index in [4.69, 9.17) is 18.0 Å². The van der Waals surface area contributed by atoms with Crippen LogP contribution in [0.1, 0.15) is 31.2 Å². The summed E-state index contributed by atoms with van der Waals surface area (Å²) in [5.41, 5.74) is 8.33. The highest BCUT2D eigenvalue weighted by Gasteiger charge is 2.53. The molecule has 1 aromatic carbocycles. The van der Waals surface area contributed by atoms with Crippen molar-refractivity contribution in [3.8, 4) is 0 Å². The van der Waals surface area contributed by atoms with E-state index in [1.807, 2.05) is 12.1 Å². The monoisotopic (exact) mass is 246 g/mol. The minimum absolute atomic E-state index is 0.466. The molecule has 0 amide bonds. The summed E-state index contributed by atoms with van der Waals surface area (Å²) >= 11 is 4.94. The predicted octanol–water partition coefficient (Wildman–Crippen LogP) is 2.92. The lowest BCUT2D eigenvalue weighted by molar-refractivity contribution is 0.467. The van der Waals surface area contributed by atoms with Crippen molar-refractivity contribution in [1.82, 2.24) is 0 Å². The summed E-state index contributed by atoms with van der Waals surface area (Å²) in [4.78, 5) is 0.466. The molecule has 2 nitrogen and oxygen atoms in total. The van der Waals surface area contributed by atoms with Crippen molar-refractivity contribution < 1.29 is 0 Å². The van der Waals surface area contributed by atoms with Gasteiger partial charge in [-0.05, 0) is 61.3 Å². The number of hydrogen-bond acceptors (Lipinski definition) is 2. The van der Waals surface area contributed by atoms with Gasteiger partial charge in [0.25, 0.3) is 0 Å². The molecule has 0 radical (unpaired) electrons. The molecule has 17 heavy (non-hydrogen) atoms. The topological polar surface area (TPSA) is 38.0 Å². The van der Waals surface area contributed by atoms with Gasteiger partial charge in [-0.25, -0.2) is 0 Å². The Morgan fingerprint density at radius 3 is 2.41 bits per heavy atom. The second-order valence-electron chi connectivity index (χ2n) is 5.43. The summed E-state index contributed by atoms with van der Waals surface area (Å²) in [6, 6.07) is 8.11. The van der Waals surface area contributed by atoms with Crippen LogP contribution in [0.4, 0.5) is 5.69 Å². The molecule has 0 heterocycles. The standard InChI is InChI=1S/C14H18N2S/c15-13(17)10-1-5-12(6-2-10)16-9-14(7-8-14)11-3-4-11/h1-2,5-6,11,16H,3-4,7-9H2,(H2,15,17). The van der Waals surface area contributed by atoms with Crippen LogP contribution < -0.4 is 11.1 Å². The molecule has 90 valence electrons. The Morgan fingerprint density at radius 2 is 1.94 bits per heavy atom. The molecule has 0 spiro atoms. The fourth-order valence-electron chi connectivity index (χ4n) is 2.62. The second-order valence-corrected chi connectivity index (χ2v) is 5.87. The Hall–Kier alpha value is -1.09. The molecule has 0 bridgehead atoms. The van der Waals surface area contributed by atoms with Crippen LogP contribution in [0, 0.1) is 11.3 Å². The third-order valence-corrected chi connectivity index (χ3v) is 4.39. The molecule has 3 rings (SSSR count). The molecule has 0 aliphatic heterocycles. The van der Waals surface area contributed by atoms with Crippen LogP contribution in [-0.2, 0) is 0 Å². The fourth-order valence-corrected chi connectivity index (χ4v) is 2.75. The van der Waals surface area contributed by atoms with E-state index in [-0.39, 0.29) is 0 Å². The number of benzene rings is 1. The zero-order valence-electron chi connectivity index (χ0n) is 9.91. The summed E-state index contributed by atoms with van der Waals surface area (Å²) < 4.78 is 0. The van der Waals surface area contributed by atoms with E-state index in [1.165, 1.54) is 31.4 Å². The number of nitrogens with two attached hydrogens (primary N) is 1. The molecular formula is C14H18N2S. The predicted molar refractivity (Wildman–Crippen MR) is 75.2 cm³/mol. The van der Waals surface area contributed by atoms with Crippen LogP contribution in [0.3, 0.4) is 0 Å². The molecule has 2 saturated carbocycles. The molecular weight excluding hydrogens is 228 g/mol. The van der Waals surface area contributed by atoms with Gasteiger partial charge in [-0.2, -0.15) is 0 Å². The first-order valence-electron chi connectivity index (χ1n) is 6.33. The van der Waals surface area contributed by atoms with Gasteiger partial charge in [0.05, 0.1) is 0 Å². The molecule has 0 unspecified atom stereocenters. The van der Waals surface area contributed by atoms with Crippen LogP contribution in [0.25, 0.3) is 0 Å². The Balaban J connectivity index is 1.59. The van der Waals surface area contributed by atoms with E-state index < -0.39 is 0 Å². The van der Waals surface area contributed by atoms with Gasteiger partial charge in [-0.3, -0.25) is 0 Å². The van der Waals surface area contributed by atoms with Crippen molar-refractivity contribution in [1.29, 1.82) is 0 Å². The van der Waals surface area contributed by atoms with Gasteiger partial charge in [0.2, 0.25) is 0 Å². The average Bonchev–Trinajstić information content (AvgIpc) is 3.17. The Bertz CT molecular complexity index is 430. The van der Waals surface area contributed by atoms with Crippen LogP contribution in [0.15, 0.2) is 24.3 Å². The molecule has 2 aliphatic carbocycles. The third kappa shape index (κ3) is 2.29. The van der Waals surface area contributed by atoms with E-state index in [9.17, 15) is 0 Å². The first-order chi connectivity index (χ1) is 8.20. The molecule has 3 heteroatoms. The van der Waals surface area contributed by atoms with E-state index in [1.54, 1.807) is 0 Å². The van der Waals surface area contributed by atoms with Crippen LogP contribution in [0.5, 0.6) is 0 Å². The molecule has 1 aromatic rings. The Labute approximate surface area is 108 Å². The van der Waals surface area contributed by atoms with Gasteiger partial charge >= 0.3 is 0 Å².